The van der Waals surface area contributed by atoms with Gasteiger partial charge in [0, 0.05) is 34.3 Å². The third kappa shape index (κ3) is 2.53. The number of nitrogens with one attached hydrogen (secondary N) is 1. The number of rotatable bonds is 2. The number of carbonyl (C=O) groups is 1. The maximum absolute atomic E-state index is 11.6. The van der Waals surface area contributed by atoms with E-state index in [-0.39, 0.29) is 0 Å². The number of hydrogen-bond donors (Lipinski definition) is 1. The van der Waals surface area contributed by atoms with Crippen molar-refractivity contribution in [1.82, 2.24) is 19.9 Å². The number of fused-ring (bicyclic) bond motifs is 8. The zero-order chi connectivity index (χ0) is 21.9. The molecule has 0 saturated heterocycles. The molecule has 0 amide bonds. The fourth-order valence-corrected chi connectivity index (χ4v) is 4.86. The number of pyridine rings is 2. The molecule has 154 valence electrons. The van der Waals surface area contributed by atoms with Gasteiger partial charge in [-0.1, -0.05) is 36.4 Å². The molecule has 5 nitrogen and oxygen atoms in total. The smallest absolute Gasteiger partial charge is 0.150 e. The zero-order valence-corrected chi connectivity index (χ0v) is 17.4. The van der Waals surface area contributed by atoms with Gasteiger partial charge in [0.05, 0.1) is 22.1 Å². The van der Waals surface area contributed by atoms with Gasteiger partial charge in [0.25, 0.3) is 0 Å². The molecule has 1 N–H and O–H groups in total. The molecule has 0 bridgehead atoms. The van der Waals surface area contributed by atoms with Gasteiger partial charge >= 0.3 is 0 Å². The molecule has 7 rings (SSSR count). The number of hydrogen-bond acceptors (Lipinski definition) is 4. The van der Waals surface area contributed by atoms with Gasteiger partial charge in [-0.05, 0) is 57.9 Å². The van der Waals surface area contributed by atoms with Gasteiger partial charge in [0.15, 0.2) is 6.29 Å². The van der Waals surface area contributed by atoms with E-state index in [0.29, 0.717) is 5.56 Å². The molecular weight excluding hydrogens is 408 g/mol. The normalized spacial score (nSPS) is 11.8. The van der Waals surface area contributed by atoms with Crippen molar-refractivity contribution in [2.75, 3.05) is 0 Å². The van der Waals surface area contributed by atoms with Crippen LogP contribution in [0.4, 0.5) is 0 Å². The number of imidazole rings is 1. The van der Waals surface area contributed by atoms with Gasteiger partial charge in [0.2, 0.25) is 0 Å². The van der Waals surface area contributed by atoms with Crippen LogP contribution in [0.3, 0.4) is 0 Å². The van der Waals surface area contributed by atoms with E-state index in [0.717, 1.165) is 72.1 Å². The molecule has 33 heavy (non-hydrogen) atoms. The van der Waals surface area contributed by atoms with Crippen LogP contribution in [0.1, 0.15) is 10.4 Å². The third-order valence-electron chi connectivity index (χ3n) is 6.36. The average Bonchev–Trinajstić information content (AvgIpc) is 3.33. The minimum Gasteiger partial charge on any atom is -0.337 e. The van der Waals surface area contributed by atoms with Crippen LogP contribution in [0.5, 0.6) is 0 Å². The summed E-state index contributed by atoms with van der Waals surface area (Å²) in [5, 5.41) is 6.09. The zero-order valence-electron chi connectivity index (χ0n) is 17.4. The van der Waals surface area contributed by atoms with Crippen molar-refractivity contribution in [2.24, 2.45) is 0 Å². The van der Waals surface area contributed by atoms with E-state index >= 15 is 0 Å². The van der Waals surface area contributed by atoms with Crippen LogP contribution in [-0.4, -0.2) is 26.2 Å². The monoisotopic (exact) mass is 424 g/mol. The lowest BCUT2D eigenvalue weighted by atomic mass is 9.97. The average molecular weight is 424 g/mol. The van der Waals surface area contributed by atoms with Crippen LogP contribution in [0.25, 0.3) is 65.8 Å². The highest BCUT2D eigenvalue weighted by atomic mass is 16.1. The number of carbonyl (C=O) groups excluding carboxylic acids is 1. The summed E-state index contributed by atoms with van der Waals surface area (Å²) in [6.07, 6.45) is 4.49. The van der Waals surface area contributed by atoms with Crippen molar-refractivity contribution in [3.63, 3.8) is 0 Å². The van der Waals surface area contributed by atoms with E-state index < -0.39 is 0 Å². The lowest BCUT2D eigenvalue weighted by Crippen LogP contribution is -1.87. The molecule has 4 aromatic carbocycles. The molecule has 0 radical (unpaired) electrons. The van der Waals surface area contributed by atoms with E-state index in [1.165, 1.54) is 0 Å². The number of aromatic nitrogens is 4. The summed E-state index contributed by atoms with van der Waals surface area (Å²) in [4.78, 5) is 29.5. The summed E-state index contributed by atoms with van der Waals surface area (Å²) in [5.41, 5.74) is 5.19. The maximum atomic E-state index is 11.6. The largest absolute Gasteiger partial charge is 0.337 e. The molecule has 0 aliphatic rings. The Morgan fingerprint density at radius 1 is 0.667 bits per heavy atom. The Morgan fingerprint density at radius 2 is 1.39 bits per heavy atom. The topological polar surface area (TPSA) is 71.5 Å². The quantitative estimate of drug-likeness (QED) is 0.197. The summed E-state index contributed by atoms with van der Waals surface area (Å²) in [6.45, 7) is 0. The van der Waals surface area contributed by atoms with Crippen LogP contribution in [0.15, 0.2) is 85.2 Å². The van der Waals surface area contributed by atoms with Crippen molar-refractivity contribution in [3.05, 3.63) is 90.8 Å². The summed E-state index contributed by atoms with van der Waals surface area (Å²) >= 11 is 0. The molecule has 0 unspecified atom stereocenters. The van der Waals surface area contributed by atoms with E-state index in [4.69, 9.17) is 4.98 Å². The fourth-order valence-electron chi connectivity index (χ4n) is 4.86. The van der Waals surface area contributed by atoms with E-state index in [1.807, 2.05) is 48.5 Å². The summed E-state index contributed by atoms with van der Waals surface area (Å²) in [5.74, 6) is 0.778. The number of aldehydes is 1. The van der Waals surface area contributed by atoms with Gasteiger partial charge < -0.3 is 4.98 Å². The van der Waals surface area contributed by atoms with Crippen molar-refractivity contribution < 1.29 is 4.79 Å². The molecule has 0 aliphatic carbocycles. The summed E-state index contributed by atoms with van der Waals surface area (Å²) in [6, 6.07) is 24.2. The highest BCUT2D eigenvalue weighted by Gasteiger charge is 2.16. The fraction of sp³-hybridized carbons (Fsp3) is 0. The Balaban J connectivity index is 1.60. The van der Waals surface area contributed by atoms with Crippen molar-refractivity contribution >= 4 is 60.7 Å². The molecule has 0 saturated carbocycles. The molecule has 3 heterocycles. The lowest BCUT2D eigenvalue weighted by molar-refractivity contribution is 0.112. The number of benzene rings is 4. The number of H-pyrrole nitrogens is 1. The minimum absolute atomic E-state index is 0.683. The van der Waals surface area contributed by atoms with Gasteiger partial charge in [-0.15, -0.1) is 0 Å². The first-order valence-corrected chi connectivity index (χ1v) is 10.7. The number of nitrogens with zero attached hydrogens (tertiary/aromatic N) is 3. The Labute approximate surface area is 187 Å². The summed E-state index contributed by atoms with van der Waals surface area (Å²) in [7, 11) is 0. The third-order valence-corrected chi connectivity index (χ3v) is 6.36. The van der Waals surface area contributed by atoms with Crippen LogP contribution < -0.4 is 0 Å². The molecule has 0 spiro atoms. The van der Waals surface area contributed by atoms with E-state index in [2.05, 4.69) is 39.2 Å². The highest BCUT2D eigenvalue weighted by molar-refractivity contribution is 6.21. The lowest BCUT2D eigenvalue weighted by Gasteiger charge is -2.08. The van der Waals surface area contributed by atoms with Crippen molar-refractivity contribution in [3.8, 4) is 11.4 Å². The second-order valence-electron chi connectivity index (χ2n) is 8.17. The predicted octanol–water partition coefficient (Wildman–Crippen LogP) is 6.45. The Kier molecular flexibility index (Phi) is 3.64. The van der Waals surface area contributed by atoms with E-state index in [1.54, 1.807) is 12.4 Å². The first-order valence-electron chi connectivity index (χ1n) is 10.7. The SMILES string of the molecule is O=Cc1cccc2cc3cccc(-c4nc5c6cccnc6c6ncccc6c5[nH]4)c3cc12. The maximum Gasteiger partial charge on any atom is 0.150 e. The molecule has 0 atom stereocenters. The first kappa shape index (κ1) is 18.0. The molecule has 5 heteroatoms. The van der Waals surface area contributed by atoms with Crippen molar-refractivity contribution in [2.45, 2.75) is 0 Å². The van der Waals surface area contributed by atoms with Gasteiger partial charge in [-0.3, -0.25) is 14.8 Å². The van der Waals surface area contributed by atoms with Gasteiger partial charge in [-0.25, -0.2) is 4.98 Å². The molecule has 3 aromatic heterocycles. The molecule has 7 aromatic rings. The van der Waals surface area contributed by atoms with Crippen LogP contribution in [-0.2, 0) is 0 Å². The second-order valence-corrected chi connectivity index (χ2v) is 8.17. The molecular formula is C28H16N4O. The van der Waals surface area contributed by atoms with Gasteiger partial charge in [-0.2, -0.15) is 0 Å². The second kappa shape index (κ2) is 6.68. The standard InChI is InChI=1S/C28H16N4O/c33-15-18-7-1-5-16-13-17-6-2-8-19(23(17)14-22(16)18)28-31-26-20-9-3-11-29-24(20)25-21(27(26)32-28)10-4-12-30-25/h1-15H,(H,31,32). The highest BCUT2D eigenvalue weighted by Crippen LogP contribution is 2.36. The van der Waals surface area contributed by atoms with E-state index in [9.17, 15) is 4.79 Å². The Hall–Kier alpha value is -4.64. The molecule has 0 fully saturated rings. The number of aromatic amines is 1. The minimum atomic E-state index is 0.683. The first-order chi connectivity index (χ1) is 16.3. The molecule has 0 aliphatic heterocycles. The van der Waals surface area contributed by atoms with Crippen LogP contribution >= 0.6 is 0 Å². The van der Waals surface area contributed by atoms with Crippen LogP contribution in [0.2, 0.25) is 0 Å². The Bertz CT molecular complexity index is 1830. The van der Waals surface area contributed by atoms with Gasteiger partial charge in [0.1, 0.15) is 5.82 Å². The summed E-state index contributed by atoms with van der Waals surface area (Å²) < 4.78 is 0. The van der Waals surface area contributed by atoms with Crippen LogP contribution in [0, 0.1) is 0 Å². The predicted molar refractivity (Wildman–Crippen MR) is 133 cm³/mol. The van der Waals surface area contributed by atoms with Crippen molar-refractivity contribution in [1.29, 1.82) is 0 Å². The Morgan fingerprint density at radius 3 is 2.21 bits per heavy atom.